The van der Waals surface area contributed by atoms with Crippen LogP contribution in [0, 0.1) is 0 Å². The van der Waals surface area contributed by atoms with Crippen LogP contribution in [-0.2, 0) is 9.59 Å². The molecule has 1 amide bonds. The Morgan fingerprint density at radius 3 is 1.83 bits per heavy atom. The number of aliphatic imine (C=N–C) groups is 1. The molecule has 0 aliphatic carbocycles. The Bertz CT molecular complexity index is 199. The molecular weight excluding hydrogens is 158 g/mol. The van der Waals surface area contributed by atoms with Crippen LogP contribution in [0.1, 0.15) is 0 Å². The van der Waals surface area contributed by atoms with Gasteiger partial charge in [-0.25, -0.2) is 0 Å². The molecule has 0 saturated carbocycles. The third-order valence-electron chi connectivity index (χ3n) is 1.11. The molecule has 0 aliphatic heterocycles. The van der Waals surface area contributed by atoms with Gasteiger partial charge < -0.3 is 9.80 Å². The summed E-state index contributed by atoms with van der Waals surface area (Å²) < 4.78 is 0. The molecule has 0 bridgehead atoms. The molecule has 12 heavy (non-hydrogen) atoms. The van der Waals surface area contributed by atoms with E-state index in [0.29, 0.717) is 5.96 Å². The van der Waals surface area contributed by atoms with Gasteiger partial charge in [0.1, 0.15) is 0 Å². The Morgan fingerprint density at radius 2 is 1.58 bits per heavy atom. The predicted molar refractivity (Wildman–Crippen MR) is 45.9 cm³/mol. The molecule has 0 fully saturated rings. The molecule has 0 N–H and O–H groups in total. The molecule has 0 heterocycles. The Morgan fingerprint density at radius 1 is 1.17 bits per heavy atom. The number of guanidine groups is 1. The lowest BCUT2D eigenvalue weighted by molar-refractivity contribution is -0.129. The predicted octanol–water partition coefficient (Wildman–Crippen LogP) is -0.809. The van der Waals surface area contributed by atoms with Gasteiger partial charge in [0.2, 0.25) is 12.2 Å². The fourth-order valence-corrected chi connectivity index (χ4v) is 0.725. The van der Waals surface area contributed by atoms with Crippen molar-refractivity contribution >= 4 is 18.2 Å². The van der Waals surface area contributed by atoms with Crippen LogP contribution in [0.25, 0.3) is 0 Å². The van der Waals surface area contributed by atoms with Crippen molar-refractivity contribution in [3.63, 3.8) is 0 Å². The second-order valence-corrected chi connectivity index (χ2v) is 2.66. The normalized spacial score (nSPS) is 8.67. The molecule has 0 aromatic carbocycles. The second kappa shape index (κ2) is 4.48. The first-order chi connectivity index (χ1) is 5.49. The minimum atomic E-state index is -0.771. The molecule has 0 unspecified atom stereocenters. The van der Waals surface area contributed by atoms with Crippen LogP contribution < -0.4 is 0 Å². The number of hydrogen-bond acceptors (Lipinski definition) is 2. The number of hydrogen-bond donors (Lipinski definition) is 0. The summed E-state index contributed by atoms with van der Waals surface area (Å²) in [5.74, 6) is -0.320. The van der Waals surface area contributed by atoms with E-state index < -0.39 is 5.91 Å². The van der Waals surface area contributed by atoms with Gasteiger partial charge in [0.05, 0.1) is 0 Å². The van der Waals surface area contributed by atoms with Crippen molar-refractivity contribution in [1.82, 2.24) is 9.80 Å². The molecule has 0 rings (SSSR count). The second-order valence-electron chi connectivity index (χ2n) is 2.66. The quantitative estimate of drug-likeness (QED) is 0.224. The lowest BCUT2D eigenvalue weighted by Crippen LogP contribution is -2.36. The summed E-state index contributed by atoms with van der Waals surface area (Å²) in [4.78, 5) is 27.5. The summed E-state index contributed by atoms with van der Waals surface area (Å²) in [6.45, 7) is 0. The lowest BCUT2D eigenvalue weighted by atomic mass is 10.6. The largest absolute Gasteiger partial charge is 0.349 e. The monoisotopic (exact) mass is 171 g/mol. The van der Waals surface area contributed by atoms with E-state index in [1.165, 1.54) is 0 Å². The van der Waals surface area contributed by atoms with Gasteiger partial charge in [-0.1, -0.05) is 0 Å². The van der Waals surface area contributed by atoms with Crippen molar-refractivity contribution in [3.8, 4) is 0 Å². The zero-order valence-corrected chi connectivity index (χ0v) is 7.74. The Hall–Kier alpha value is -1.39. The standard InChI is InChI=1S/C7H13N3O2/c1-9(2)7(10(3)4)8-6(12)5-11/h5H,1-4H3. The molecular formula is C7H13N3O2. The highest BCUT2D eigenvalue weighted by Gasteiger charge is 2.06. The fraction of sp³-hybridized carbons (Fsp3) is 0.571. The Labute approximate surface area is 71.7 Å². The minimum Gasteiger partial charge on any atom is -0.349 e. The van der Waals surface area contributed by atoms with Crippen LogP contribution in [0.3, 0.4) is 0 Å². The van der Waals surface area contributed by atoms with Gasteiger partial charge >= 0.3 is 5.91 Å². The highest BCUT2D eigenvalue weighted by atomic mass is 16.2. The highest BCUT2D eigenvalue weighted by molar-refractivity contribution is 6.26. The fourth-order valence-electron chi connectivity index (χ4n) is 0.725. The zero-order chi connectivity index (χ0) is 9.72. The number of aldehydes is 1. The SMILES string of the molecule is CN(C)C(=NC(=O)C=O)N(C)C. The first kappa shape index (κ1) is 10.6. The average Bonchev–Trinajstić information content (AvgIpc) is 1.98. The van der Waals surface area contributed by atoms with Crippen molar-refractivity contribution in [3.05, 3.63) is 0 Å². The molecule has 0 spiro atoms. The minimum absolute atomic E-state index is 0.188. The van der Waals surface area contributed by atoms with Crippen LogP contribution in [0.5, 0.6) is 0 Å². The van der Waals surface area contributed by atoms with E-state index in [-0.39, 0.29) is 6.29 Å². The lowest BCUT2D eigenvalue weighted by Gasteiger charge is -2.21. The van der Waals surface area contributed by atoms with Crippen LogP contribution in [0.15, 0.2) is 4.99 Å². The Balaban J connectivity index is 4.60. The van der Waals surface area contributed by atoms with E-state index in [4.69, 9.17) is 0 Å². The number of carbonyl (C=O) groups excluding carboxylic acids is 2. The van der Waals surface area contributed by atoms with E-state index in [1.807, 2.05) is 0 Å². The van der Waals surface area contributed by atoms with Gasteiger partial charge in [-0.2, -0.15) is 4.99 Å². The van der Waals surface area contributed by atoms with Crippen molar-refractivity contribution < 1.29 is 9.59 Å². The molecule has 5 heteroatoms. The average molecular weight is 171 g/mol. The summed E-state index contributed by atoms with van der Waals surface area (Å²) in [6.07, 6.45) is 0.188. The molecule has 0 aliphatic rings. The summed E-state index contributed by atoms with van der Waals surface area (Å²) in [6, 6.07) is 0. The van der Waals surface area contributed by atoms with Crippen LogP contribution in [0.4, 0.5) is 0 Å². The number of rotatable bonds is 1. The number of carbonyl (C=O) groups is 2. The topological polar surface area (TPSA) is 53.0 Å². The maximum atomic E-state index is 10.6. The van der Waals surface area contributed by atoms with Crippen LogP contribution in [-0.4, -0.2) is 56.1 Å². The molecule has 5 nitrogen and oxygen atoms in total. The summed E-state index contributed by atoms with van der Waals surface area (Å²) in [5, 5.41) is 0. The van der Waals surface area contributed by atoms with E-state index in [0.717, 1.165) is 0 Å². The van der Waals surface area contributed by atoms with Gasteiger partial charge in [0.25, 0.3) is 0 Å². The summed E-state index contributed by atoms with van der Waals surface area (Å²) in [5.41, 5.74) is 0. The van der Waals surface area contributed by atoms with Crippen LogP contribution >= 0.6 is 0 Å². The molecule has 0 saturated heterocycles. The molecule has 68 valence electrons. The van der Waals surface area contributed by atoms with E-state index in [9.17, 15) is 9.59 Å². The van der Waals surface area contributed by atoms with Crippen molar-refractivity contribution in [2.24, 2.45) is 4.99 Å². The molecule has 0 radical (unpaired) electrons. The van der Waals surface area contributed by atoms with E-state index in [1.54, 1.807) is 38.0 Å². The van der Waals surface area contributed by atoms with Crippen molar-refractivity contribution in [1.29, 1.82) is 0 Å². The number of nitrogens with zero attached hydrogens (tertiary/aromatic N) is 3. The van der Waals surface area contributed by atoms with E-state index >= 15 is 0 Å². The molecule has 0 aromatic rings. The first-order valence-electron chi connectivity index (χ1n) is 3.41. The van der Waals surface area contributed by atoms with Crippen LogP contribution in [0.2, 0.25) is 0 Å². The third-order valence-corrected chi connectivity index (χ3v) is 1.11. The van der Waals surface area contributed by atoms with Gasteiger partial charge in [-0.05, 0) is 0 Å². The third kappa shape index (κ3) is 3.14. The Kier molecular flexibility index (Phi) is 3.96. The zero-order valence-electron chi connectivity index (χ0n) is 7.74. The van der Waals surface area contributed by atoms with Gasteiger partial charge in [0, 0.05) is 28.2 Å². The first-order valence-corrected chi connectivity index (χ1v) is 3.41. The maximum Gasteiger partial charge on any atom is 0.312 e. The van der Waals surface area contributed by atoms with Gasteiger partial charge in [-0.15, -0.1) is 0 Å². The van der Waals surface area contributed by atoms with Crippen molar-refractivity contribution in [2.75, 3.05) is 28.2 Å². The summed E-state index contributed by atoms with van der Waals surface area (Å²) >= 11 is 0. The van der Waals surface area contributed by atoms with Gasteiger partial charge in [-0.3, -0.25) is 9.59 Å². The molecule has 0 aromatic heterocycles. The highest BCUT2D eigenvalue weighted by Crippen LogP contribution is 1.88. The van der Waals surface area contributed by atoms with Gasteiger partial charge in [0.15, 0.2) is 0 Å². The van der Waals surface area contributed by atoms with Crippen molar-refractivity contribution in [2.45, 2.75) is 0 Å². The summed E-state index contributed by atoms with van der Waals surface area (Å²) in [7, 11) is 6.99. The smallest absolute Gasteiger partial charge is 0.312 e. The van der Waals surface area contributed by atoms with E-state index in [2.05, 4.69) is 4.99 Å². The maximum absolute atomic E-state index is 10.6. The number of amides is 1. The molecule has 0 atom stereocenters.